The van der Waals surface area contributed by atoms with Crippen LogP contribution in [0, 0.1) is 18.3 Å². The van der Waals surface area contributed by atoms with Crippen LogP contribution in [0.15, 0.2) is 12.1 Å². The normalized spacial score (nSPS) is 29.5. The minimum absolute atomic E-state index is 0.0424. The van der Waals surface area contributed by atoms with E-state index in [1.165, 1.54) is 29.0 Å². The third kappa shape index (κ3) is 2.65. The van der Waals surface area contributed by atoms with Crippen LogP contribution < -0.4 is 5.73 Å². The second kappa shape index (κ2) is 4.97. The van der Waals surface area contributed by atoms with Gasteiger partial charge < -0.3 is 5.73 Å². The van der Waals surface area contributed by atoms with E-state index in [9.17, 15) is 0 Å². The maximum absolute atomic E-state index is 6.65. The Kier molecular flexibility index (Phi) is 3.89. The van der Waals surface area contributed by atoms with Crippen LogP contribution in [0.4, 0.5) is 0 Å². The summed E-state index contributed by atoms with van der Waals surface area (Å²) in [6.07, 6.45) is 6.15. The average molecular weight is 265 g/mol. The predicted octanol–water partition coefficient (Wildman–Crippen LogP) is 4.84. The fraction of sp³-hybridized carbons (Fsp3) is 0.750. The molecule has 0 unspecified atom stereocenters. The Morgan fingerprint density at radius 2 is 1.94 bits per heavy atom. The van der Waals surface area contributed by atoms with Crippen molar-refractivity contribution in [2.75, 3.05) is 0 Å². The molecule has 1 fully saturated rings. The van der Waals surface area contributed by atoms with E-state index in [0.717, 1.165) is 18.8 Å². The van der Waals surface area contributed by atoms with Crippen LogP contribution in [0.2, 0.25) is 0 Å². The second-order valence-corrected chi connectivity index (χ2v) is 7.97. The van der Waals surface area contributed by atoms with Crippen molar-refractivity contribution in [2.45, 2.75) is 65.3 Å². The molecule has 1 saturated carbocycles. The maximum atomic E-state index is 6.65. The summed E-state index contributed by atoms with van der Waals surface area (Å²) in [6.45, 7) is 9.31. The Labute approximate surface area is 116 Å². The standard InChI is InChI=1S/C16H27NS/c1-5-15(3,4)13-8-10-16(17,11-9-13)14-7-6-12(2)18-14/h6-7,13H,5,8-11,17H2,1-4H3. The molecule has 1 nitrogen and oxygen atoms in total. The van der Waals surface area contributed by atoms with Crippen molar-refractivity contribution >= 4 is 11.3 Å². The van der Waals surface area contributed by atoms with Gasteiger partial charge in [0.05, 0.1) is 5.54 Å². The van der Waals surface area contributed by atoms with Crippen molar-refractivity contribution in [3.8, 4) is 0 Å². The van der Waals surface area contributed by atoms with Gasteiger partial charge in [-0.1, -0.05) is 27.2 Å². The van der Waals surface area contributed by atoms with Crippen molar-refractivity contribution in [3.05, 3.63) is 21.9 Å². The number of hydrogen-bond acceptors (Lipinski definition) is 2. The van der Waals surface area contributed by atoms with Crippen LogP contribution in [0.1, 0.15) is 62.6 Å². The Morgan fingerprint density at radius 3 is 2.39 bits per heavy atom. The molecule has 1 aliphatic rings. The molecule has 0 radical (unpaired) electrons. The first-order chi connectivity index (χ1) is 8.37. The number of aryl methyl sites for hydroxylation is 1. The fourth-order valence-electron chi connectivity index (χ4n) is 3.15. The van der Waals surface area contributed by atoms with Crippen LogP contribution in [0.5, 0.6) is 0 Å². The molecule has 0 aromatic carbocycles. The molecule has 0 bridgehead atoms. The van der Waals surface area contributed by atoms with Gasteiger partial charge in [-0.3, -0.25) is 0 Å². The van der Waals surface area contributed by atoms with Gasteiger partial charge in [-0.25, -0.2) is 0 Å². The topological polar surface area (TPSA) is 26.0 Å². The number of nitrogens with two attached hydrogens (primary N) is 1. The average Bonchev–Trinajstić information content (AvgIpc) is 2.77. The molecule has 1 aromatic rings. The minimum atomic E-state index is -0.0424. The monoisotopic (exact) mass is 265 g/mol. The van der Waals surface area contributed by atoms with Crippen molar-refractivity contribution < 1.29 is 0 Å². The Bertz CT molecular complexity index is 397. The van der Waals surface area contributed by atoms with Gasteiger partial charge in [0, 0.05) is 9.75 Å². The molecule has 2 rings (SSSR count). The molecule has 0 amide bonds. The summed E-state index contributed by atoms with van der Waals surface area (Å²) in [7, 11) is 0. The largest absolute Gasteiger partial charge is 0.321 e. The Balaban J connectivity index is 2.06. The third-order valence-electron chi connectivity index (χ3n) is 5.13. The van der Waals surface area contributed by atoms with Crippen LogP contribution in [-0.4, -0.2) is 0 Å². The zero-order valence-electron chi connectivity index (χ0n) is 12.3. The first kappa shape index (κ1) is 14.1. The first-order valence-electron chi connectivity index (χ1n) is 7.23. The molecule has 102 valence electrons. The molecule has 0 spiro atoms. The van der Waals surface area contributed by atoms with Gasteiger partial charge >= 0.3 is 0 Å². The lowest BCUT2D eigenvalue weighted by atomic mass is 9.65. The Morgan fingerprint density at radius 1 is 1.33 bits per heavy atom. The molecule has 1 aromatic heterocycles. The quantitative estimate of drug-likeness (QED) is 0.831. The maximum Gasteiger partial charge on any atom is 0.0504 e. The van der Waals surface area contributed by atoms with E-state index < -0.39 is 0 Å². The highest BCUT2D eigenvalue weighted by Crippen LogP contribution is 2.46. The summed E-state index contributed by atoms with van der Waals surface area (Å²) in [5.74, 6) is 0.847. The number of hydrogen-bond donors (Lipinski definition) is 1. The highest BCUT2D eigenvalue weighted by atomic mass is 32.1. The van der Waals surface area contributed by atoms with Crippen LogP contribution >= 0.6 is 11.3 Å². The molecular weight excluding hydrogens is 238 g/mol. The van der Waals surface area contributed by atoms with Gasteiger partial charge in [0.25, 0.3) is 0 Å². The van der Waals surface area contributed by atoms with Crippen LogP contribution in [0.3, 0.4) is 0 Å². The third-order valence-corrected chi connectivity index (χ3v) is 6.35. The predicted molar refractivity (Wildman–Crippen MR) is 81.0 cm³/mol. The van der Waals surface area contributed by atoms with Gasteiger partial charge in [0.1, 0.15) is 0 Å². The smallest absolute Gasteiger partial charge is 0.0504 e. The number of rotatable bonds is 3. The summed E-state index contributed by atoms with van der Waals surface area (Å²) in [4.78, 5) is 2.78. The fourth-order valence-corrected chi connectivity index (χ4v) is 4.18. The van der Waals surface area contributed by atoms with Gasteiger partial charge in [0.15, 0.2) is 0 Å². The zero-order valence-corrected chi connectivity index (χ0v) is 13.1. The molecule has 1 aliphatic carbocycles. The SMILES string of the molecule is CCC(C)(C)C1CCC(N)(c2ccc(C)s2)CC1. The van der Waals surface area contributed by atoms with Gasteiger partial charge in [-0.05, 0) is 56.1 Å². The van der Waals surface area contributed by atoms with Gasteiger partial charge in [-0.2, -0.15) is 0 Å². The molecule has 2 N–H and O–H groups in total. The van der Waals surface area contributed by atoms with Crippen molar-refractivity contribution in [1.29, 1.82) is 0 Å². The van der Waals surface area contributed by atoms with Gasteiger partial charge in [-0.15, -0.1) is 11.3 Å². The summed E-state index contributed by atoms with van der Waals surface area (Å²) in [6, 6.07) is 4.45. The van der Waals surface area contributed by atoms with E-state index in [-0.39, 0.29) is 5.54 Å². The van der Waals surface area contributed by atoms with Gasteiger partial charge in [0.2, 0.25) is 0 Å². The second-order valence-electron chi connectivity index (χ2n) is 6.68. The van der Waals surface area contributed by atoms with E-state index in [0.29, 0.717) is 5.41 Å². The van der Waals surface area contributed by atoms with E-state index >= 15 is 0 Å². The highest BCUT2D eigenvalue weighted by Gasteiger charge is 2.38. The van der Waals surface area contributed by atoms with Crippen molar-refractivity contribution in [3.63, 3.8) is 0 Å². The minimum Gasteiger partial charge on any atom is -0.321 e. The van der Waals surface area contributed by atoms with E-state index in [2.05, 4.69) is 39.8 Å². The molecular formula is C16H27NS. The molecule has 0 atom stereocenters. The van der Waals surface area contributed by atoms with Crippen LogP contribution in [0.25, 0.3) is 0 Å². The summed E-state index contributed by atoms with van der Waals surface area (Å²) in [5, 5.41) is 0. The van der Waals surface area contributed by atoms with E-state index in [1.807, 2.05) is 11.3 Å². The molecule has 0 aliphatic heterocycles. The lowest BCUT2D eigenvalue weighted by molar-refractivity contribution is 0.116. The van der Waals surface area contributed by atoms with Crippen molar-refractivity contribution in [1.82, 2.24) is 0 Å². The molecule has 0 saturated heterocycles. The van der Waals surface area contributed by atoms with Crippen molar-refractivity contribution in [2.24, 2.45) is 17.1 Å². The molecule has 18 heavy (non-hydrogen) atoms. The lowest BCUT2D eigenvalue weighted by Gasteiger charge is -2.43. The lowest BCUT2D eigenvalue weighted by Crippen LogP contribution is -2.42. The Hall–Kier alpha value is -0.340. The summed E-state index contributed by atoms with van der Waals surface area (Å²) < 4.78 is 0. The number of thiophene rings is 1. The highest BCUT2D eigenvalue weighted by molar-refractivity contribution is 7.12. The molecule has 2 heteroatoms. The summed E-state index contributed by atoms with van der Waals surface area (Å²) in [5.41, 5.74) is 7.09. The van der Waals surface area contributed by atoms with E-state index in [1.54, 1.807) is 0 Å². The summed E-state index contributed by atoms with van der Waals surface area (Å²) >= 11 is 1.88. The zero-order chi connectivity index (χ0) is 13.4. The van der Waals surface area contributed by atoms with E-state index in [4.69, 9.17) is 5.73 Å². The molecule has 1 heterocycles. The van der Waals surface area contributed by atoms with Crippen LogP contribution in [-0.2, 0) is 5.54 Å². The first-order valence-corrected chi connectivity index (χ1v) is 8.05.